The summed E-state index contributed by atoms with van der Waals surface area (Å²) in [5.74, 6) is 4.87. The molecular formula is C27H47N. The van der Waals surface area contributed by atoms with Crippen LogP contribution in [0.1, 0.15) is 105 Å². The van der Waals surface area contributed by atoms with E-state index in [0.29, 0.717) is 10.8 Å². The van der Waals surface area contributed by atoms with Crippen LogP contribution in [0.5, 0.6) is 0 Å². The van der Waals surface area contributed by atoms with Gasteiger partial charge in [0.15, 0.2) is 0 Å². The van der Waals surface area contributed by atoms with E-state index < -0.39 is 0 Å². The third-order valence-corrected chi connectivity index (χ3v) is 10.3. The zero-order chi connectivity index (χ0) is 19.9. The van der Waals surface area contributed by atoms with Crippen molar-refractivity contribution in [3.05, 3.63) is 11.6 Å². The number of unbranched alkanes of at least 4 members (excludes halogenated alkanes) is 1. The summed E-state index contributed by atoms with van der Waals surface area (Å²) < 4.78 is 0. The van der Waals surface area contributed by atoms with Crippen LogP contribution < -0.4 is 5.32 Å². The number of allylic oxidation sites excluding steroid dienone is 1. The highest BCUT2D eigenvalue weighted by atomic mass is 14.9. The molecule has 28 heavy (non-hydrogen) atoms. The van der Waals surface area contributed by atoms with E-state index in [2.05, 4.69) is 46.1 Å². The van der Waals surface area contributed by atoms with Crippen LogP contribution >= 0.6 is 0 Å². The van der Waals surface area contributed by atoms with Crippen LogP contribution in [0.2, 0.25) is 0 Å². The Morgan fingerprint density at radius 1 is 1.04 bits per heavy atom. The molecule has 1 N–H and O–H groups in total. The lowest BCUT2D eigenvalue weighted by molar-refractivity contribution is -0.0440. The normalized spacial score (nSPS) is 45.4. The van der Waals surface area contributed by atoms with Crippen molar-refractivity contribution in [2.45, 2.75) is 111 Å². The van der Waals surface area contributed by atoms with Crippen LogP contribution in [-0.2, 0) is 0 Å². The Bertz CT molecular complexity index is 577. The van der Waals surface area contributed by atoms with E-state index in [4.69, 9.17) is 0 Å². The molecule has 160 valence electrons. The van der Waals surface area contributed by atoms with E-state index in [-0.39, 0.29) is 0 Å². The van der Waals surface area contributed by atoms with Crippen molar-refractivity contribution < 1.29 is 0 Å². The van der Waals surface area contributed by atoms with Gasteiger partial charge in [-0.05, 0) is 105 Å². The van der Waals surface area contributed by atoms with Gasteiger partial charge >= 0.3 is 0 Å². The Kier molecular flexibility index (Phi) is 6.05. The van der Waals surface area contributed by atoms with Crippen LogP contribution in [0.25, 0.3) is 0 Å². The van der Waals surface area contributed by atoms with Gasteiger partial charge in [0.2, 0.25) is 0 Å². The van der Waals surface area contributed by atoms with Gasteiger partial charge in [0.1, 0.15) is 0 Å². The average Bonchev–Trinajstić information content (AvgIpc) is 3.01. The molecule has 3 fully saturated rings. The van der Waals surface area contributed by atoms with E-state index in [1.165, 1.54) is 77.0 Å². The van der Waals surface area contributed by atoms with Gasteiger partial charge in [-0.3, -0.25) is 0 Å². The molecule has 0 amide bonds. The molecule has 0 aromatic rings. The van der Waals surface area contributed by atoms with E-state index in [9.17, 15) is 0 Å². The van der Waals surface area contributed by atoms with Crippen molar-refractivity contribution in [3.8, 4) is 0 Å². The molecule has 4 aliphatic rings. The van der Waals surface area contributed by atoms with Gasteiger partial charge < -0.3 is 5.32 Å². The van der Waals surface area contributed by atoms with E-state index in [1.54, 1.807) is 0 Å². The average molecular weight is 386 g/mol. The van der Waals surface area contributed by atoms with Gasteiger partial charge in [-0.2, -0.15) is 0 Å². The van der Waals surface area contributed by atoms with Crippen molar-refractivity contribution in [1.82, 2.24) is 5.32 Å². The Hall–Kier alpha value is -0.300. The third kappa shape index (κ3) is 3.52. The van der Waals surface area contributed by atoms with Gasteiger partial charge in [0.25, 0.3) is 0 Å². The van der Waals surface area contributed by atoms with E-state index in [1.807, 2.05) is 5.57 Å². The molecule has 0 saturated heterocycles. The lowest BCUT2D eigenvalue weighted by Crippen LogP contribution is -2.51. The molecule has 0 aromatic heterocycles. The van der Waals surface area contributed by atoms with Crippen LogP contribution in [-0.4, -0.2) is 13.1 Å². The third-order valence-electron chi connectivity index (χ3n) is 10.3. The second kappa shape index (κ2) is 8.09. The summed E-state index contributed by atoms with van der Waals surface area (Å²) in [5.41, 5.74) is 3.00. The van der Waals surface area contributed by atoms with E-state index >= 15 is 0 Å². The lowest BCUT2D eigenvalue weighted by Gasteiger charge is -2.58. The molecule has 0 spiro atoms. The van der Waals surface area contributed by atoms with Crippen molar-refractivity contribution >= 4 is 0 Å². The fraction of sp³-hybridized carbons (Fsp3) is 0.926. The molecule has 3 unspecified atom stereocenters. The molecule has 0 heterocycles. The van der Waals surface area contributed by atoms with Gasteiger partial charge in [-0.25, -0.2) is 0 Å². The molecule has 0 aliphatic heterocycles. The molecule has 0 radical (unpaired) electrons. The first-order chi connectivity index (χ1) is 13.4. The molecule has 1 heteroatoms. The van der Waals surface area contributed by atoms with Gasteiger partial charge in [-0.1, -0.05) is 58.6 Å². The first kappa shape index (κ1) is 21.0. The summed E-state index contributed by atoms with van der Waals surface area (Å²) in [6.07, 6.45) is 20.2. The van der Waals surface area contributed by atoms with Gasteiger partial charge in [-0.15, -0.1) is 0 Å². The number of fused-ring (bicyclic) bond motifs is 5. The van der Waals surface area contributed by atoms with Crippen LogP contribution in [0.15, 0.2) is 11.6 Å². The van der Waals surface area contributed by atoms with Crippen LogP contribution in [0.4, 0.5) is 0 Å². The number of nitrogens with one attached hydrogen (secondary N) is 1. The smallest absolute Gasteiger partial charge is 0.0102 e. The van der Waals surface area contributed by atoms with Gasteiger partial charge in [0.05, 0.1) is 0 Å². The molecule has 3 saturated carbocycles. The maximum absolute atomic E-state index is 3.57. The minimum atomic E-state index is 0.521. The van der Waals surface area contributed by atoms with Crippen molar-refractivity contribution in [3.63, 3.8) is 0 Å². The maximum atomic E-state index is 3.57. The summed E-state index contributed by atoms with van der Waals surface area (Å²) in [7, 11) is 2.16. The molecular weight excluding hydrogens is 338 g/mol. The summed E-state index contributed by atoms with van der Waals surface area (Å²) >= 11 is 0. The molecule has 4 rings (SSSR count). The number of rotatable bonds is 6. The number of hydrogen-bond donors (Lipinski definition) is 1. The Morgan fingerprint density at radius 2 is 1.86 bits per heavy atom. The molecule has 0 aromatic carbocycles. The second-order valence-corrected chi connectivity index (χ2v) is 12.0. The Labute approximate surface area is 175 Å². The molecule has 4 aliphatic carbocycles. The van der Waals surface area contributed by atoms with Crippen molar-refractivity contribution in [2.75, 3.05) is 7.05 Å². The first-order valence-electron chi connectivity index (χ1n) is 12.7. The van der Waals surface area contributed by atoms with Crippen LogP contribution in [0, 0.1) is 40.4 Å². The fourth-order valence-corrected chi connectivity index (χ4v) is 8.43. The predicted molar refractivity (Wildman–Crippen MR) is 121 cm³/mol. The molecule has 1 nitrogen and oxygen atoms in total. The summed E-state index contributed by atoms with van der Waals surface area (Å²) in [5, 5.41) is 3.57. The number of hydrogen-bond acceptors (Lipinski definition) is 1. The minimum absolute atomic E-state index is 0.521. The second-order valence-electron chi connectivity index (χ2n) is 12.0. The monoisotopic (exact) mass is 385 g/mol. The van der Waals surface area contributed by atoms with E-state index in [0.717, 1.165) is 35.6 Å². The quantitative estimate of drug-likeness (QED) is 0.372. The Balaban J connectivity index is 1.45. The minimum Gasteiger partial charge on any atom is -0.317 e. The standard InChI is InChI=1S/C27H47N/c1-19(2)8-6-7-9-20-11-13-24-23-12-10-21-18-22(28-5)14-16-27(21,4)25(23)15-17-26(20,24)3/h10,19-20,22-25,28H,6-9,11-18H2,1-5H3/t20?,22-,23-,24?,25?,26+,27-/m0/s1. The summed E-state index contributed by atoms with van der Waals surface area (Å²) in [6, 6.07) is 0.728. The highest BCUT2D eigenvalue weighted by molar-refractivity contribution is 5.25. The zero-order valence-electron chi connectivity index (χ0n) is 19.5. The SMILES string of the molecule is CN[C@H]1CC[C@@]2(C)C(=CC[C@H]3C4CCC(CCCCC(C)C)[C@@]4(C)CCC32)C1. The Morgan fingerprint density at radius 3 is 2.61 bits per heavy atom. The highest BCUT2D eigenvalue weighted by Gasteiger charge is 2.58. The molecule has 7 atom stereocenters. The van der Waals surface area contributed by atoms with Gasteiger partial charge in [0, 0.05) is 6.04 Å². The first-order valence-corrected chi connectivity index (χ1v) is 12.7. The summed E-state index contributed by atoms with van der Waals surface area (Å²) in [4.78, 5) is 0. The largest absolute Gasteiger partial charge is 0.317 e. The zero-order valence-corrected chi connectivity index (χ0v) is 19.5. The van der Waals surface area contributed by atoms with Crippen LogP contribution in [0.3, 0.4) is 0 Å². The maximum Gasteiger partial charge on any atom is 0.0102 e. The predicted octanol–water partition coefficient (Wildman–Crippen LogP) is 7.37. The molecule has 0 bridgehead atoms. The van der Waals surface area contributed by atoms with Crippen molar-refractivity contribution in [2.24, 2.45) is 40.4 Å². The topological polar surface area (TPSA) is 12.0 Å². The lowest BCUT2D eigenvalue weighted by atomic mass is 9.47. The van der Waals surface area contributed by atoms with Crippen molar-refractivity contribution in [1.29, 1.82) is 0 Å². The summed E-state index contributed by atoms with van der Waals surface area (Å²) in [6.45, 7) is 10.1. The highest BCUT2D eigenvalue weighted by Crippen LogP contribution is 2.66. The fourth-order valence-electron chi connectivity index (χ4n) is 8.43.